The quantitative estimate of drug-likeness (QED) is 0.771. The van der Waals surface area contributed by atoms with Gasteiger partial charge < -0.3 is 15.2 Å². The first-order valence-electron chi connectivity index (χ1n) is 6.86. The lowest BCUT2D eigenvalue weighted by molar-refractivity contribution is -0.255. The van der Waals surface area contributed by atoms with Gasteiger partial charge in [-0.3, -0.25) is 4.79 Å². The van der Waals surface area contributed by atoms with E-state index in [1.807, 2.05) is 24.3 Å². The van der Waals surface area contributed by atoms with Gasteiger partial charge in [-0.05, 0) is 40.6 Å². The van der Waals surface area contributed by atoms with Gasteiger partial charge >= 0.3 is 0 Å². The number of hydrogen-bond donors (Lipinski definition) is 1. The third-order valence-electron chi connectivity index (χ3n) is 3.47. The van der Waals surface area contributed by atoms with E-state index >= 15 is 0 Å². The Morgan fingerprint density at radius 3 is 2.39 bits per heavy atom. The second-order valence-corrected chi connectivity index (χ2v) is 5.82. The van der Waals surface area contributed by atoms with Crippen LogP contribution >= 0.6 is 15.9 Å². The van der Waals surface area contributed by atoms with Crippen LogP contribution in [0.3, 0.4) is 0 Å². The van der Waals surface area contributed by atoms with Crippen molar-refractivity contribution in [1.29, 1.82) is 0 Å². The zero-order valence-corrected chi connectivity index (χ0v) is 13.5. The predicted molar refractivity (Wildman–Crippen MR) is 90.4 cm³/mol. The molecule has 23 heavy (non-hydrogen) atoms. The molecule has 0 fully saturated rings. The van der Waals surface area contributed by atoms with Crippen LogP contribution in [-0.4, -0.2) is 11.9 Å². The largest absolute Gasteiger partial charge is 0.545 e. The Hall–Kier alpha value is -2.66. The summed E-state index contributed by atoms with van der Waals surface area (Å²) in [5.74, 6) is -1.58. The lowest BCUT2D eigenvalue weighted by atomic mass is 10.0. The van der Waals surface area contributed by atoms with Crippen LogP contribution in [-0.2, 0) is 0 Å². The summed E-state index contributed by atoms with van der Waals surface area (Å²) in [6, 6.07) is 17.1. The van der Waals surface area contributed by atoms with Gasteiger partial charge in [0.15, 0.2) is 0 Å². The van der Waals surface area contributed by atoms with Crippen molar-refractivity contribution in [2.75, 3.05) is 5.32 Å². The first kappa shape index (κ1) is 15.2. The molecule has 0 heterocycles. The maximum atomic E-state index is 12.5. The van der Waals surface area contributed by atoms with Gasteiger partial charge in [-0.15, -0.1) is 0 Å². The summed E-state index contributed by atoms with van der Waals surface area (Å²) < 4.78 is 0.906. The van der Waals surface area contributed by atoms with Gasteiger partial charge in [0.25, 0.3) is 5.91 Å². The molecular weight excluding hydrogens is 358 g/mol. The van der Waals surface area contributed by atoms with Crippen LogP contribution in [0.25, 0.3) is 10.8 Å². The zero-order valence-electron chi connectivity index (χ0n) is 11.9. The van der Waals surface area contributed by atoms with Gasteiger partial charge in [0.1, 0.15) is 0 Å². The number of hydrogen-bond acceptors (Lipinski definition) is 3. The summed E-state index contributed by atoms with van der Waals surface area (Å²) in [7, 11) is 0. The van der Waals surface area contributed by atoms with Gasteiger partial charge in [-0.2, -0.15) is 0 Å². The van der Waals surface area contributed by atoms with Crippen molar-refractivity contribution in [3.8, 4) is 0 Å². The maximum Gasteiger partial charge on any atom is 0.256 e. The molecular formula is C18H11BrNO3-. The second kappa shape index (κ2) is 6.22. The molecule has 3 aromatic rings. The lowest BCUT2D eigenvalue weighted by Crippen LogP contribution is -2.22. The summed E-state index contributed by atoms with van der Waals surface area (Å²) in [5, 5.41) is 15.4. The standard InChI is InChI=1S/C18H12BrNO3/c19-16-9-3-6-13-14(16)7-2-8-15(13)17(21)20-12-5-1-4-11(10-12)18(22)23/h1-10H,(H,20,21)(H,22,23)/p-1. The molecule has 4 nitrogen and oxygen atoms in total. The molecule has 1 N–H and O–H groups in total. The minimum Gasteiger partial charge on any atom is -0.545 e. The average Bonchev–Trinajstić information content (AvgIpc) is 2.55. The van der Waals surface area contributed by atoms with E-state index in [1.165, 1.54) is 12.1 Å². The summed E-state index contributed by atoms with van der Waals surface area (Å²) in [6.45, 7) is 0. The van der Waals surface area contributed by atoms with E-state index in [-0.39, 0.29) is 11.5 Å². The van der Waals surface area contributed by atoms with Gasteiger partial charge in [0.05, 0.1) is 5.97 Å². The van der Waals surface area contributed by atoms with Crippen molar-refractivity contribution < 1.29 is 14.7 Å². The number of amides is 1. The highest BCUT2D eigenvalue weighted by Gasteiger charge is 2.11. The number of benzene rings is 3. The smallest absolute Gasteiger partial charge is 0.256 e. The minimum atomic E-state index is -1.28. The van der Waals surface area contributed by atoms with Crippen molar-refractivity contribution in [2.24, 2.45) is 0 Å². The Bertz CT molecular complexity index is 921. The monoisotopic (exact) mass is 368 g/mol. The fraction of sp³-hybridized carbons (Fsp3) is 0. The molecule has 0 radical (unpaired) electrons. The molecule has 0 aromatic heterocycles. The number of carbonyl (C=O) groups excluding carboxylic acids is 2. The molecule has 5 heteroatoms. The Kier molecular flexibility index (Phi) is 4.12. The molecule has 0 aliphatic rings. The number of nitrogens with one attached hydrogen (secondary N) is 1. The Morgan fingerprint density at radius 2 is 1.61 bits per heavy atom. The molecule has 0 saturated carbocycles. The third-order valence-corrected chi connectivity index (χ3v) is 4.16. The van der Waals surface area contributed by atoms with Crippen LogP contribution in [0, 0.1) is 0 Å². The molecule has 0 atom stereocenters. The van der Waals surface area contributed by atoms with E-state index in [0.29, 0.717) is 11.3 Å². The number of rotatable bonds is 3. The van der Waals surface area contributed by atoms with Crippen LogP contribution in [0.1, 0.15) is 20.7 Å². The predicted octanol–water partition coefficient (Wildman–Crippen LogP) is 3.22. The molecule has 0 aliphatic carbocycles. The van der Waals surface area contributed by atoms with Crippen molar-refractivity contribution in [1.82, 2.24) is 0 Å². The first-order chi connectivity index (χ1) is 11.1. The van der Waals surface area contributed by atoms with E-state index in [9.17, 15) is 14.7 Å². The summed E-state index contributed by atoms with van der Waals surface area (Å²) in [5.41, 5.74) is 0.940. The minimum absolute atomic E-state index is 0.0171. The number of halogens is 1. The van der Waals surface area contributed by atoms with Crippen LogP contribution in [0.4, 0.5) is 5.69 Å². The van der Waals surface area contributed by atoms with Crippen LogP contribution < -0.4 is 10.4 Å². The topological polar surface area (TPSA) is 69.2 Å². The highest BCUT2D eigenvalue weighted by Crippen LogP contribution is 2.27. The van der Waals surface area contributed by atoms with Crippen LogP contribution in [0.2, 0.25) is 0 Å². The highest BCUT2D eigenvalue weighted by atomic mass is 79.9. The number of aromatic carboxylic acids is 1. The van der Waals surface area contributed by atoms with Crippen molar-refractivity contribution in [3.63, 3.8) is 0 Å². The average molecular weight is 369 g/mol. The molecule has 0 saturated heterocycles. The van der Waals surface area contributed by atoms with E-state index in [2.05, 4.69) is 21.2 Å². The maximum absolute atomic E-state index is 12.5. The van der Waals surface area contributed by atoms with Crippen LogP contribution in [0.15, 0.2) is 65.1 Å². The second-order valence-electron chi connectivity index (χ2n) is 4.96. The third kappa shape index (κ3) is 3.10. The zero-order chi connectivity index (χ0) is 16.4. The molecule has 114 valence electrons. The SMILES string of the molecule is O=C([O-])c1cccc(NC(=O)c2cccc3c(Br)cccc23)c1. The highest BCUT2D eigenvalue weighted by molar-refractivity contribution is 9.10. The van der Waals surface area contributed by atoms with Gasteiger partial charge in [-0.25, -0.2) is 0 Å². The lowest BCUT2D eigenvalue weighted by Gasteiger charge is -2.10. The molecule has 1 amide bonds. The van der Waals surface area contributed by atoms with Crippen LogP contribution in [0.5, 0.6) is 0 Å². The van der Waals surface area contributed by atoms with Gasteiger partial charge in [-0.1, -0.05) is 52.3 Å². The van der Waals surface area contributed by atoms with Crippen molar-refractivity contribution in [2.45, 2.75) is 0 Å². The van der Waals surface area contributed by atoms with Crippen molar-refractivity contribution in [3.05, 3.63) is 76.3 Å². The fourth-order valence-corrected chi connectivity index (χ4v) is 2.89. The summed E-state index contributed by atoms with van der Waals surface area (Å²) in [6.07, 6.45) is 0. The Labute approximate surface area is 140 Å². The number of carbonyl (C=O) groups is 2. The summed E-state index contributed by atoms with van der Waals surface area (Å²) >= 11 is 3.47. The molecule has 0 bridgehead atoms. The molecule has 0 unspecified atom stereocenters. The molecule has 3 aromatic carbocycles. The van der Waals surface area contributed by atoms with Crippen molar-refractivity contribution >= 4 is 44.3 Å². The van der Waals surface area contributed by atoms with Gasteiger partial charge in [0, 0.05) is 15.7 Å². The fourth-order valence-electron chi connectivity index (χ4n) is 2.39. The van der Waals surface area contributed by atoms with E-state index in [0.717, 1.165) is 15.2 Å². The normalized spacial score (nSPS) is 10.5. The van der Waals surface area contributed by atoms with E-state index < -0.39 is 5.97 Å². The summed E-state index contributed by atoms with van der Waals surface area (Å²) in [4.78, 5) is 23.4. The first-order valence-corrected chi connectivity index (χ1v) is 7.65. The number of anilines is 1. The number of carboxylic acid groups (broad SMARTS) is 1. The molecule has 3 rings (SSSR count). The Morgan fingerprint density at radius 1 is 0.913 bits per heavy atom. The number of carboxylic acids is 1. The van der Waals surface area contributed by atoms with E-state index in [4.69, 9.17) is 0 Å². The van der Waals surface area contributed by atoms with E-state index in [1.54, 1.807) is 24.3 Å². The Balaban J connectivity index is 1.97. The van der Waals surface area contributed by atoms with Gasteiger partial charge in [0.2, 0.25) is 0 Å². The number of fused-ring (bicyclic) bond motifs is 1. The molecule has 0 aliphatic heterocycles. The molecule has 0 spiro atoms.